The predicted octanol–water partition coefficient (Wildman–Crippen LogP) is 2.43. The molecule has 2 nitrogen and oxygen atoms in total. The summed E-state index contributed by atoms with van der Waals surface area (Å²) in [6.07, 6.45) is 0.680. The molecule has 0 spiro atoms. The van der Waals surface area contributed by atoms with E-state index in [1.54, 1.807) is 6.07 Å². The summed E-state index contributed by atoms with van der Waals surface area (Å²) >= 11 is 0. The minimum Gasteiger partial charge on any atom is -0.396 e. The average molecular weight is 178 g/mol. The Balaban J connectivity index is 3.04. The van der Waals surface area contributed by atoms with E-state index in [-0.39, 0.29) is 11.6 Å². The van der Waals surface area contributed by atoms with Gasteiger partial charge in [0.05, 0.1) is 17.7 Å². The summed E-state index contributed by atoms with van der Waals surface area (Å²) in [6, 6.07) is 6.61. The van der Waals surface area contributed by atoms with Crippen LogP contribution in [0.5, 0.6) is 0 Å². The molecule has 0 bridgehead atoms. The van der Waals surface area contributed by atoms with Crippen molar-refractivity contribution in [2.75, 3.05) is 5.73 Å². The SMILES string of the molecule is CCC(C#N)c1ccc(N)c(F)c1. The fourth-order valence-electron chi connectivity index (χ4n) is 1.16. The fourth-order valence-corrected chi connectivity index (χ4v) is 1.16. The Morgan fingerprint density at radius 2 is 2.31 bits per heavy atom. The van der Waals surface area contributed by atoms with Crippen molar-refractivity contribution in [3.8, 4) is 6.07 Å². The predicted molar refractivity (Wildman–Crippen MR) is 49.5 cm³/mol. The third-order valence-electron chi connectivity index (χ3n) is 1.99. The molecule has 0 saturated carbocycles. The number of rotatable bonds is 2. The molecule has 1 aromatic rings. The summed E-state index contributed by atoms with van der Waals surface area (Å²) < 4.78 is 13.0. The van der Waals surface area contributed by atoms with Gasteiger partial charge in [-0.2, -0.15) is 5.26 Å². The van der Waals surface area contributed by atoms with Crippen molar-refractivity contribution in [3.05, 3.63) is 29.6 Å². The van der Waals surface area contributed by atoms with Gasteiger partial charge in [-0.3, -0.25) is 0 Å². The molecule has 1 unspecified atom stereocenters. The highest BCUT2D eigenvalue weighted by Gasteiger charge is 2.09. The molecule has 13 heavy (non-hydrogen) atoms. The van der Waals surface area contributed by atoms with Crippen molar-refractivity contribution in [3.63, 3.8) is 0 Å². The first-order valence-electron chi connectivity index (χ1n) is 4.13. The smallest absolute Gasteiger partial charge is 0.146 e. The number of nitrogen functional groups attached to an aromatic ring is 1. The van der Waals surface area contributed by atoms with E-state index in [9.17, 15) is 4.39 Å². The van der Waals surface area contributed by atoms with E-state index in [1.807, 2.05) is 6.92 Å². The second-order valence-electron chi connectivity index (χ2n) is 2.87. The monoisotopic (exact) mass is 178 g/mol. The second kappa shape index (κ2) is 3.90. The van der Waals surface area contributed by atoms with Gasteiger partial charge in [0.15, 0.2) is 0 Å². The third-order valence-corrected chi connectivity index (χ3v) is 1.99. The second-order valence-corrected chi connectivity index (χ2v) is 2.87. The Morgan fingerprint density at radius 3 is 2.77 bits per heavy atom. The van der Waals surface area contributed by atoms with Crippen LogP contribution in [0.1, 0.15) is 24.8 Å². The van der Waals surface area contributed by atoms with E-state index in [0.717, 1.165) is 0 Å². The van der Waals surface area contributed by atoms with Gasteiger partial charge in [0, 0.05) is 0 Å². The first kappa shape index (κ1) is 9.53. The van der Waals surface area contributed by atoms with Crippen molar-refractivity contribution < 1.29 is 4.39 Å². The van der Waals surface area contributed by atoms with E-state index in [0.29, 0.717) is 12.0 Å². The van der Waals surface area contributed by atoms with Crippen LogP contribution in [0.25, 0.3) is 0 Å². The van der Waals surface area contributed by atoms with Crippen molar-refractivity contribution in [1.29, 1.82) is 5.26 Å². The maximum atomic E-state index is 13.0. The average Bonchev–Trinajstić information content (AvgIpc) is 2.13. The summed E-state index contributed by atoms with van der Waals surface area (Å²) in [7, 11) is 0. The lowest BCUT2D eigenvalue weighted by Gasteiger charge is -2.06. The first-order chi connectivity index (χ1) is 6.19. The molecule has 1 rings (SSSR count). The van der Waals surface area contributed by atoms with E-state index < -0.39 is 5.82 Å². The minimum absolute atomic E-state index is 0.122. The molecule has 3 heteroatoms. The highest BCUT2D eigenvalue weighted by Crippen LogP contribution is 2.21. The number of anilines is 1. The van der Waals surface area contributed by atoms with Crippen LogP contribution in [0.15, 0.2) is 18.2 Å². The topological polar surface area (TPSA) is 49.8 Å². The standard InChI is InChI=1S/C10H11FN2/c1-2-7(6-12)8-3-4-10(13)9(11)5-8/h3-5,7H,2,13H2,1H3. The van der Waals surface area contributed by atoms with Crippen LogP contribution in [0, 0.1) is 17.1 Å². The van der Waals surface area contributed by atoms with Crippen LogP contribution in [0.2, 0.25) is 0 Å². The molecule has 0 heterocycles. The van der Waals surface area contributed by atoms with Gasteiger partial charge in [-0.1, -0.05) is 13.0 Å². The van der Waals surface area contributed by atoms with E-state index in [1.165, 1.54) is 12.1 Å². The zero-order chi connectivity index (χ0) is 9.84. The Bertz CT molecular complexity index is 341. The van der Waals surface area contributed by atoms with Gasteiger partial charge in [-0.25, -0.2) is 4.39 Å². The zero-order valence-electron chi connectivity index (χ0n) is 7.42. The summed E-state index contributed by atoms with van der Waals surface area (Å²) in [5.74, 6) is -0.693. The molecular formula is C10H11FN2. The maximum Gasteiger partial charge on any atom is 0.146 e. The van der Waals surface area contributed by atoms with Crippen LogP contribution < -0.4 is 5.73 Å². The minimum atomic E-state index is -0.453. The van der Waals surface area contributed by atoms with Crippen molar-refractivity contribution in [1.82, 2.24) is 0 Å². The molecule has 1 atom stereocenters. The van der Waals surface area contributed by atoms with Crippen molar-refractivity contribution >= 4 is 5.69 Å². The molecule has 0 saturated heterocycles. The van der Waals surface area contributed by atoms with Crippen LogP contribution in [0.4, 0.5) is 10.1 Å². The molecule has 0 radical (unpaired) electrons. The van der Waals surface area contributed by atoms with Crippen LogP contribution in [0.3, 0.4) is 0 Å². The Labute approximate surface area is 76.8 Å². The van der Waals surface area contributed by atoms with Gasteiger partial charge in [0.2, 0.25) is 0 Å². The molecule has 0 fully saturated rings. The largest absolute Gasteiger partial charge is 0.396 e. The zero-order valence-corrected chi connectivity index (χ0v) is 7.42. The van der Waals surface area contributed by atoms with Gasteiger partial charge < -0.3 is 5.73 Å². The number of hydrogen-bond donors (Lipinski definition) is 1. The number of nitriles is 1. The number of benzene rings is 1. The molecule has 1 aromatic carbocycles. The van der Waals surface area contributed by atoms with Crippen LogP contribution in [-0.4, -0.2) is 0 Å². The Hall–Kier alpha value is -1.56. The number of nitrogens with zero attached hydrogens (tertiary/aromatic N) is 1. The van der Waals surface area contributed by atoms with E-state index in [4.69, 9.17) is 11.0 Å². The first-order valence-corrected chi connectivity index (χ1v) is 4.13. The lowest BCUT2D eigenvalue weighted by atomic mass is 9.98. The van der Waals surface area contributed by atoms with Crippen molar-refractivity contribution in [2.45, 2.75) is 19.3 Å². The van der Waals surface area contributed by atoms with Gasteiger partial charge in [-0.15, -0.1) is 0 Å². The number of nitrogens with two attached hydrogens (primary N) is 1. The van der Waals surface area contributed by atoms with Gasteiger partial charge >= 0.3 is 0 Å². The summed E-state index contributed by atoms with van der Waals surface area (Å²) in [5, 5.41) is 8.74. The summed E-state index contributed by atoms with van der Waals surface area (Å²) in [6.45, 7) is 1.89. The third kappa shape index (κ3) is 1.97. The summed E-state index contributed by atoms with van der Waals surface area (Å²) in [5.41, 5.74) is 6.13. The summed E-state index contributed by atoms with van der Waals surface area (Å²) in [4.78, 5) is 0. The van der Waals surface area contributed by atoms with E-state index >= 15 is 0 Å². The van der Waals surface area contributed by atoms with Crippen LogP contribution in [-0.2, 0) is 0 Å². The van der Waals surface area contributed by atoms with Gasteiger partial charge in [0.1, 0.15) is 5.82 Å². The lowest BCUT2D eigenvalue weighted by Crippen LogP contribution is -1.97. The fraction of sp³-hybridized carbons (Fsp3) is 0.300. The molecule has 0 aliphatic heterocycles. The quantitative estimate of drug-likeness (QED) is 0.707. The Morgan fingerprint density at radius 1 is 1.62 bits per heavy atom. The molecule has 2 N–H and O–H groups in total. The molecule has 68 valence electrons. The normalized spacial score (nSPS) is 12.1. The molecular weight excluding hydrogens is 167 g/mol. The van der Waals surface area contributed by atoms with Gasteiger partial charge in [-0.05, 0) is 24.1 Å². The molecule has 0 aromatic heterocycles. The maximum absolute atomic E-state index is 13.0. The number of hydrogen-bond acceptors (Lipinski definition) is 2. The highest BCUT2D eigenvalue weighted by atomic mass is 19.1. The van der Waals surface area contributed by atoms with Gasteiger partial charge in [0.25, 0.3) is 0 Å². The van der Waals surface area contributed by atoms with E-state index in [2.05, 4.69) is 6.07 Å². The molecule has 0 aliphatic rings. The number of halogens is 1. The molecule has 0 amide bonds. The highest BCUT2D eigenvalue weighted by molar-refractivity contribution is 5.43. The van der Waals surface area contributed by atoms with Crippen LogP contribution >= 0.6 is 0 Å². The lowest BCUT2D eigenvalue weighted by molar-refractivity contribution is 0.628. The molecule has 0 aliphatic carbocycles. The Kier molecular flexibility index (Phi) is 2.86. The van der Waals surface area contributed by atoms with Crippen molar-refractivity contribution in [2.24, 2.45) is 0 Å².